The number of carbonyl (C=O) groups excluding carboxylic acids is 2. The highest BCUT2D eigenvalue weighted by Gasteiger charge is 2.25. The summed E-state index contributed by atoms with van der Waals surface area (Å²) in [6.07, 6.45) is 0.881. The van der Waals surface area contributed by atoms with Crippen LogP contribution < -0.4 is 28.3 Å². The second-order valence-electron chi connectivity index (χ2n) is 6.34. The van der Waals surface area contributed by atoms with Crippen molar-refractivity contribution in [3.63, 3.8) is 0 Å². The largest absolute Gasteiger partial charge is 0.398 e. The first-order valence-corrected chi connectivity index (χ1v) is 8.72. The predicted molar refractivity (Wildman–Crippen MR) is 116 cm³/mol. The average Bonchev–Trinajstić information content (AvgIpc) is 2.63. The summed E-state index contributed by atoms with van der Waals surface area (Å²) in [5, 5.41) is 4.38. The van der Waals surface area contributed by atoms with Gasteiger partial charge < -0.3 is 28.3 Å². The fraction of sp³-hybridized carbons (Fsp3) is 0.316. The summed E-state index contributed by atoms with van der Waals surface area (Å²) < 4.78 is 0. The van der Waals surface area contributed by atoms with Crippen molar-refractivity contribution in [3.05, 3.63) is 41.5 Å². The number of nitrogens with zero attached hydrogens (tertiary/aromatic N) is 1. The van der Waals surface area contributed by atoms with Crippen LogP contribution >= 0.6 is 12.4 Å². The number of fused-ring (bicyclic) bond motifs is 1. The number of hydrogen-bond donors (Lipinski definition) is 5. The molecule has 0 aliphatic rings. The van der Waals surface area contributed by atoms with E-state index in [0.29, 0.717) is 30.6 Å². The van der Waals surface area contributed by atoms with E-state index in [1.165, 1.54) is 0 Å². The smallest absolute Gasteiger partial charge is 0.234 e. The quantitative estimate of drug-likeness (QED) is 0.143. The van der Waals surface area contributed by atoms with Gasteiger partial charge in [0.05, 0.1) is 18.2 Å². The summed E-state index contributed by atoms with van der Waals surface area (Å²) in [7, 11) is 0. The normalized spacial score (nSPS) is 11.4. The zero-order valence-corrected chi connectivity index (χ0v) is 16.6. The summed E-state index contributed by atoms with van der Waals surface area (Å²) in [4.78, 5) is 29.0. The highest BCUT2D eigenvalue weighted by Crippen LogP contribution is 2.29. The minimum atomic E-state index is -0.760. The topological polar surface area (TPSA) is 163 Å². The molecule has 0 aliphatic carbocycles. The van der Waals surface area contributed by atoms with E-state index in [0.717, 1.165) is 16.3 Å². The molecule has 0 aliphatic heterocycles. The van der Waals surface area contributed by atoms with Crippen molar-refractivity contribution in [1.29, 1.82) is 0 Å². The molecule has 152 valence electrons. The predicted octanol–water partition coefficient (Wildman–Crippen LogP) is 0.832. The van der Waals surface area contributed by atoms with Gasteiger partial charge in [0, 0.05) is 12.2 Å². The Morgan fingerprint density at radius 3 is 2.43 bits per heavy atom. The number of nitrogen functional groups attached to an aromatic ring is 1. The first kappa shape index (κ1) is 23.2. The van der Waals surface area contributed by atoms with E-state index < -0.39 is 11.9 Å². The Hall–Kier alpha value is -2.84. The van der Waals surface area contributed by atoms with E-state index in [2.05, 4.69) is 10.3 Å². The van der Waals surface area contributed by atoms with E-state index in [1.807, 2.05) is 31.2 Å². The van der Waals surface area contributed by atoms with Crippen molar-refractivity contribution < 1.29 is 9.59 Å². The molecule has 1 amide bonds. The van der Waals surface area contributed by atoms with Crippen LogP contribution in [0.4, 0.5) is 5.69 Å². The fourth-order valence-corrected chi connectivity index (χ4v) is 3.06. The van der Waals surface area contributed by atoms with Crippen LogP contribution in [0.3, 0.4) is 0 Å². The van der Waals surface area contributed by atoms with Gasteiger partial charge in [0.1, 0.15) is 0 Å². The molecule has 28 heavy (non-hydrogen) atoms. The number of hydrogen-bond acceptors (Lipinski definition) is 5. The highest BCUT2D eigenvalue weighted by molar-refractivity contribution is 6.15. The molecule has 0 heterocycles. The molecule has 8 nitrogen and oxygen atoms in total. The van der Waals surface area contributed by atoms with Crippen LogP contribution in [0.1, 0.15) is 28.8 Å². The van der Waals surface area contributed by atoms with Crippen molar-refractivity contribution in [2.24, 2.45) is 22.2 Å². The van der Waals surface area contributed by atoms with Crippen LogP contribution in [-0.4, -0.2) is 36.8 Å². The van der Waals surface area contributed by atoms with Crippen LogP contribution in [-0.2, 0) is 4.79 Å². The number of anilines is 1. The number of nitrogens with one attached hydrogen (secondary N) is 1. The third kappa shape index (κ3) is 5.58. The SMILES string of the molecule is Cc1cc(N)c(C(=O)[C@H](CCCN=C(N)N)NC(=O)CN)c2ccccc12.Cl. The number of aliphatic imine (C=N–C) groups is 1. The van der Waals surface area contributed by atoms with E-state index >= 15 is 0 Å². The van der Waals surface area contributed by atoms with E-state index in [9.17, 15) is 9.59 Å². The summed E-state index contributed by atoms with van der Waals surface area (Å²) in [6, 6.07) is 8.56. The summed E-state index contributed by atoms with van der Waals surface area (Å²) in [6.45, 7) is 2.09. The number of amides is 1. The summed E-state index contributed by atoms with van der Waals surface area (Å²) in [5.74, 6) is -0.682. The van der Waals surface area contributed by atoms with Gasteiger partial charge in [-0.3, -0.25) is 14.6 Å². The molecular weight excluding hydrogens is 380 g/mol. The maximum Gasteiger partial charge on any atom is 0.234 e. The lowest BCUT2D eigenvalue weighted by Crippen LogP contribution is -2.44. The first-order chi connectivity index (χ1) is 12.8. The third-order valence-corrected chi connectivity index (χ3v) is 4.31. The van der Waals surface area contributed by atoms with Gasteiger partial charge >= 0.3 is 0 Å². The Morgan fingerprint density at radius 2 is 1.82 bits per heavy atom. The molecule has 9 N–H and O–H groups in total. The monoisotopic (exact) mass is 406 g/mol. The van der Waals surface area contributed by atoms with Crippen LogP contribution in [0.5, 0.6) is 0 Å². The fourth-order valence-electron chi connectivity index (χ4n) is 3.06. The molecule has 0 saturated carbocycles. The van der Waals surface area contributed by atoms with Gasteiger partial charge in [0.15, 0.2) is 11.7 Å². The lowest BCUT2D eigenvalue weighted by atomic mass is 9.91. The second-order valence-corrected chi connectivity index (χ2v) is 6.34. The molecular formula is C19H27ClN6O2. The van der Waals surface area contributed by atoms with Crippen molar-refractivity contribution in [2.45, 2.75) is 25.8 Å². The maximum atomic E-state index is 13.2. The number of Topliss-reactive ketones (excluding diaryl/α,β-unsaturated/α-hetero) is 1. The second kappa shape index (κ2) is 10.5. The van der Waals surface area contributed by atoms with Crippen molar-refractivity contribution >= 4 is 46.5 Å². The van der Waals surface area contributed by atoms with E-state index in [4.69, 9.17) is 22.9 Å². The molecule has 0 fully saturated rings. The zero-order chi connectivity index (χ0) is 20.0. The number of aryl methyl sites for hydroxylation is 1. The van der Waals surface area contributed by atoms with Crippen LogP contribution in [0.2, 0.25) is 0 Å². The van der Waals surface area contributed by atoms with Crippen molar-refractivity contribution in [3.8, 4) is 0 Å². The number of nitrogens with two attached hydrogens (primary N) is 4. The zero-order valence-electron chi connectivity index (χ0n) is 15.8. The van der Waals surface area contributed by atoms with Crippen LogP contribution in [0.15, 0.2) is 35.3 Å². The van der Waals surface area contributed by atoms with Gasteiger partial charge in [-0.05, 0) is 42.2 Å². The molecule has 2 aromatic rings. The third-order valence-electron chi connectivity index (χ3n) is 4.31. The molecule has 0 saturated heterocycles. The minimum Gasteiger partial charge on any atom is -0.398 e. The van der Waals surface area contributed by atoms with E-state index in [-0.39, 0.29) is 30.7 Å². The molecule has 0 bridgehead atoms. The number of halogens is 1. The Labute approximate surface area is 170 Å². The van der Waals surface area contributed by atoms with Gasteiger partial charge in [-0.15, -0.1) is 12.4 Å². The number of ketones is 1. The van der Waals surface area contributed by atoms with Gasteiger partial charge in [-0.25, -0.2) is 0 Å². The molecule has 2 aromatic carbocycles. The van der Waals surface area contributed by atoms with Gasteiger partial charge in [0.25, 0.3) is 0 Å². The molecule has 0 radical (unpaired) electrons. The summed E-state index contributed by atoms with van der Waals surface area (Å²) >= 11 is 0. The molecule has 9 heteroatoms. The minimum absolute atomic E-state index is 0. The number of benzene rings is 2. The number of carbonyl (C=O) groups is 2. The molecule has 1 atom stereocenters. The lowest BCUT2D eigenvalue weighted by Gasteiger charge is -2.20. The highest BCUT2D eigenvalue weighted by atomic mass is 35.5. The average molecular weight is 407 g/mol. The Kier molecular flexibility index (Phi) is 8.69. The molecule has 0 aromatic heterocycles. The Morgan fingerprint density at radius 1 is 1.18 bits per heavy atom. The molecule has 2 rings (SSSR count). The first-order valence-electron chi connectivity index (χ1n) is 8.72. The summed E-state index contributed by atoms with van der Waals surface area (Å²) in [5.41, 5.74) is 24.0. The maximum absolute atomic E-state index is 13.2. The van der Waals surface area contributed by atoms with Gasteiger partial charge in [0.2, 0.25) is 5.91 Å². The van der Waals surface area contributed by atoms with Gasteiger partial charge in [-0.1, -0.05) is 24.3 Å². The van der Waals surface area contributed by atoms with Crippen molar-refractivity contribution in [1.82, 2.24) is 5.32 Å². The lowest BCUT2D eigenvalue weighted by molar-refractivity contribution is -0.120. The molecule has 0 spiro atoms. The Balaban J connectivity index is 0.00000392. The standard InChI is InChI=1S/C19H26N6O2.ClH/c1-11-9-14(21)17(13-6-3-2-5-12(11)13)18(27)15(25-16(26)10-20)7-4-8-24-19(22)23;/h2-3,5-6,9,15H,4,7-8,10,20-21H2,1H3,(H,25,26)(H4,22,23,24);1H/t15-;/m0./s1. The number of guanidine groups is 1. The molecule has 0 unspecified atom stereocenters. The van der Waals surface area contributed by atoms with Crippen LogP contribution in [0.25, 0.3) is 10.8 Å². The van der Waals surface area contributed by atoms with E-state index in [1.54, 1.807) is 6.07 Å². The van der Waals surface area contributed by atoms with Crippen molar-refractivity contribution in [2.75, 3.05) is 18.8 Å². The van der Waals surface area contributed by atoms with Crippen LogP contribution in [0, 0.1) is 6.92 Å². The Bertz CT molecular complexity index is 880. The number of rotatable bonds is 8. The van der Waals surface area contributed by atoms with Gasteiger partial charge in [-0.2, -0.15) is 0 Å².